The minimum absolute atomic E-state index is 0.0721. The first kappa shape index (κ1) is 27.5. The fraction of sp³-hybridized carbons (Fsp3) is 0.318. The summed E-state index contributed by atoms with van der Waals surface area (Å²) in [7, 11) is -7.72. The Morgan fingerprint density at radius 3 is 2.36 bits per heavy atom. The number of nitrogens with zero attached hydrogens (tertiary/aromatic N) is 1. The van der Waals surface area contributed by atoms with E-state index < -0.39 is 42.9 Å². The lowest BCUT2D eigenvalue weighted by Crippen LogP contribution is -2.37. The number of hydrogen-bond acceptors (Lipinski definition) is 9. The molecule has 1 aromatic heterocycles. The summed E-state index contributed by atoms with van der Waals surface area (Å²) >= 11 is 1.06. The maximum absolute atomic E-state index is 12.6. The van der Waals surface area contributed by atoms with Gasteiger partial charge in [-0.1, -0.05) is 25.1 Å². The van der Waals surface area contributed by atoms with Crippen LogP contribution in [-0.4, -0.2) is 59.0 Å². The lowest BCUT2D eigenvalue weighted by molar-refractivity contribution is -0.120. The van der Waals surface area contributed by atoms with Gasteiger partial charge in [0.05, 0.1) is 22.6 Å². The Balaban J connectivity index is 1.82. The molecule has 0 radical (unpaired) electrons. The van der Waals surface area contributed by atoms with Gasteiger partial charge in [0.15, 0.2) is 15.1 Å². The van der Waals surface area contributed by atoms with Gasteiger partial charge >= 0.3 is 6.09 Å². The number of primary sulfonamides is 1. The van der Waals surface area contributed by atoms with Crippen molar-refractivity contribution in [3.8, 4) is 11.1 Å². The SMILES string of the molecule is CCCOC(=O)Nc1ccc(-c2ccc3nc(C(C(=O)NCCS(N)(=O)=O)S(C)(=O)=O)sc3c2)cc1. The summed E-state index contributed by atoms with van der Waals surface area (Å²) in [6.45, 7) is 1.91. The van der Waals surface area contributed by atoms with Gasteiger partial charge < -0.3 is 10.1 Å². The van der Waals surface area contributed by atoms with E-state index in [1.54, 1.807) is 18.2 Å². The molecule has 0 bridgehead atoms. The number of carbonyl (C=O) groups is 2. The van der Waals surface area contributed by atoms with E-state index in [2.05, 4.69) is 15.6 Å². The Morgan fingerprint density at radius 2 is 1.75 bits per heavy atom. The largest absolute Gasteiger partial charge is 0.449 e. The number of sulfonamides is 1. The van der Waals surface area contributed by atoms with Crippen LogP contribution in [0.15, 0.2) is 42.5 Å². The van der Waals surface area contributed by atoms with Crippen molar-refractivity contribution in [1.82, 2.24) is 10.3 Å². The average molecular weight is 555 g/mol. The van der Waals surface area contributed by atoms with Crippen molar-refractivity contribution >= 4 is 59.1 Å². The predicted octanol–water partition coefficient (Wildman–Crippen LogP) is 2.41. The van der Waals surface area contributed by atoms with Crippen LogP contribution in [0, 0.1) is 0 Å². The summed E-state index contributed by atoms with van der Waals surface area (Å²) in [4.78, 5) is 28.7. The monoisotopic (exact) mass is 554 g/mol. The molecule has 1 unspecified atom stereocenters. The Bertz CT molecular complexity index is 1470. The van der Waals surface area contributed by atoms with Crippen molar-refractivity contribution in [3.63, 3.8) is 0 Å². The highest BCUT2D eigenvalue weighted by molar-refractivity contribution is 7.91. The third-order valence-electron chi connectivity index (χ3n) is 4.88. The normalized spacial score (nSPS) is 12.8. The zero-order valence-electron chi connectivity index (χ0n) is 19.6. The summed E-state index contributed by atoms with van der Waals surface area (Å²) in [5, 5.41) is 8.36. The average Bonchev–Trinajstić information content (AvgIpc) is 3.18. The summed E-state index contributed by atoms with van der Waals surface area (Å²) in [6, 6.07) is 12.5. The molecule has 2 amide bonds. The number of carbonyl (C=O) groups excluding carboxylic acids is 2. The van der Waals surface area contributed by atoms with Crippen molar-refractivity contribution in [2.75, 3.05) is 30.5 Å². The zero-order chi connectivity index (χ0) is 26.5. The van der Waals surface area contributed by atoms with E-state index in [1.807, 2.05) is 31.2 Å². The van der Waals surface area contributed by atoms with E-state index in [0.29, 0.717) is 22.5 Å². The van der Waals surface area contributed by atoms with Crippen LogP contribution >= 0.6 is 11.3 Å². The first-order valence-electron chi connectivity index (χ1n) is 10.8. The van der Waals surface area contributed by atoms with E-state index in [1.165, 1.54) is 0 Å². The molecule has 0 saturated heterocycles. The number of nitrogens with one attached hydrogen (secondary N) is 2. The molecule has 3 aromatic rings. The molecule has 1 heterocycles. The zero-order valence-corrected chi connectivity index (χ0v) is 22.0. The van der Waals surface area contributed by atoms with Gasteiger partial charge in [-0.2, -0.15) is 0 Å². The van der Waals surface area contributed by atoms with E-state index >= 15 is 0 Å². The molecule has 3 rings (SSSR count). The third kappa shape index (κ3) is 7.46. The van der Waals surface area contributed by atoms with E-state index in [-0.39, 0.29) is 11.6 Å². The topological polar surface area (TPSA) is 175 Å². The summed E-state index contributed by atoms with van der Waals surface area (Å²) in [5.74, 6) is -1.40. The van der Waals surface area contributed by atoms with Gasteiger partial charge in [-0.3, -0.25) is 10.1 Å². The molecule has 0 fully saturated rings. The maximum atomic E-state index is 12.6. The van der Waals surface area contributed by atoms with Crippen molar-refractivity contribution < 1.29 is 31.2 Å². The molecule has 14 heteroatoms. The van der Waals surface area contributed by atoms with Crippen molar-refractivity contribution in [2.45, 2.75) is 18.6 Å². The van der Waals surface area contributed by atoms with E-state index in [4.69, 9.17) is 9.88 Å². The number of nitrogens with two attached hydrogens (primary N) is 1. The molecule has 0 saturated carbocycles. The number of benzene rings is 2. The fourth-order valence-corrected chi connectivity index (χ4v) is 6.16. The van der Waals surface area contributed by atoms with Crippen molar-refractivity contribution in [3.05, 3.63) is 47.5 Å². The minimum atomic E-state index is -3.90. The highest BCUT2D eigenvalue weighted by atomic mass is 32.2. The first-order chi connectivity index (χ1) is 16.9. The number of amides is 2. The van der Waals surface area contributed by atoms with Gasteiger partial charge in [0.25, 0.3) is 0 Å². The molecule has 0 aliphatic rings. The van der Waals surface area contributed by atoms with Gasteiger partial charge in [-0.25, -0.2) is 31.8 Å². The van der Waals surface area contributed by atoms with Crippen LogP contribution in [0.25, 0.3) is 21.3 Å². The molecule has 194 valence electrons. The molecule has 0 spiro atoms. The summed E-state index contributed by atoms with van der Waals surface area (Å²) in [5.41, 5.74) is 2.76. The second-order valence-electron chi connectivity index (χ2n) is 7.94. The van der Waals surface area contributed by atoms with Crippen LogP contribution in [0.3, 0.4) is 0 Å². The van der Waals surface area contributed by atoms with Crippen LogP contribution in [0.2, 0.25) is 0 Å². The number of anilines is 1. The highest BCUT2D eigenvalue weighted by Crippen LogP contribution is 2.33. The third-order valence-corrected chi connectivity index (χ3v) is 8.18. The van der Waals surface area contributed by atoms with Gasteiger partial charge in [0.2, 0.25) is 15.9 Å². The number of hydrogen-bond donors (Lipinski definition) is 3. The first-order valence-corrected chi connectivity index (χ1v) is 15.3. The van der Waals surface area contributed by atoms with Crippen LogP contribution in [0.1, 0.15) is 23.6 Å². The molecular formula is C22H26N4O7S3. The fourth-order valence-electron chi connectivity index (χ4n) is 3.23. The number of aromatic nitrogens is 1. The lowest BCUT2D eigenvalue weighted by atomic mass is 10.1. The Kier molecular flexibility index (Phi) is 8.66. The number of ether oxygens (including phenoxy) is 1. The molecule has 2 aromatic carbocycles. The van der Waals surface area contributed by atoms with Crippen LogP contribution in [-0.2, 0) is 29.4 Å². The minimum Gasteiger partial charge on any atom is -0.449 e. The molecule has 4 N–H and O–H groups in total. The highest BCUT2D eigenvalue weighted by Gasteiger charge is 2.34. The second-order valence-corrected chi connectivity index (χ2v) is 12.9. The smallest absolute Gasteiger partial charge is 0.411 e. The maximum Gasteiger partial charge on any atom is 0.411 e. The van der Waals surface area contributed by atoms with Crippen LogP contribution in [0.4, 0.5) is 10.5 Å². The number of fused-ring (bicyclic) bond motifs is 1. The molecular weight excluding hydrogens is 528 g/mol. The van der Waals surface area contributed by atoms with Crippen molar-refractivity contribution in [2.24, 2.45) is 5.14 Å². The van der Waals surface area contributed by atoms with Gasteiger partial charge in [0.1, 0.15) is 5.01 Å². The lowest BCUT2D eigenvalue weighted by Gasteiger charge is -2.12. The predicted molar refractivity (Wildman–Crippen MR) is 139 cm³/mol. The molecule has 36 heavy (non-hydrogen) atoms. The Hall–Kier alpha value is -3.07. The van der Waals surface area contributed by atoms with Crippen molar-refractivity contribution in [1.29, 1.82) is 0 Å². The summed E-state index contributed by atoms with van der Waals surface area (Å²) < 4.78 is 52.6. The standard InChI is InChI=1S/C22H26N4O7S3/c1-3-11-33-22(28)25-16-7-4-14(5-8-16)15-6-9-17-18(13-15)34-21(26-17)19(35(2,29)30)20(27)24-10-12-36(23,31)32/h4-9,13,19H,3,10-12H2,1-2H3,(H,24,27)(H,25,28)(H2,23,31,32). The molecule has 1 atom stereocenters. The van der Waals surface area contributed by atoms with E-state index in [9.17, 15) is 26.4 Å². The Labute approximate surface area is 213 Å². The number of sulfone groups is 1. The molecule has 11 nitrogen and oxygen atoms in total. The van der Waals surface area contributed by atoms with Gasteiger partial charge in [0, 0.05) is 18.5 Å². The van der Waals surface area contributed by atoms with E-state index in [0.717, 1.165) is 35.1 Å². The molecule has 0 aliphatic heterocycles. The van der Waals surface area contributed by atoms with Crippen LogP contribution < -0.4 is 15.8 Å². The second kappa shape index (κ2) is 11.3. The number of thiazole rings is 1. The Morgan fingerprint density at radius 1 is 1.08 bits per heavy atom. The quantitative estimate of drug-likeness (QED) is 0.342. The van der Waals surface area contributed by atoms with Gasteiger partial charge in [-0.15, -0.1) is 11.3 Å². The van der Waals surface area contributed by atoms with Crippen LogP contribution in [0.5, 0.6) is 0 Å². The number of rotatable bonds is 10. The molecule has 0 aliphatic carbocycles. The summed E-state index contributed by atoms with van der Waals surface area (Å²) in [6.07, 6.45) is 1.11. The van der Waals surface area contributed by atoms with Gasteiger partial charge in [-0.05, 0) is 41.8 Å².